The van der Waals surface area contributed by atoms with E-state index in [1.807, 2.05) is 4.72 Å². The highest BCUT2D eigenvalue weighted by atomic mass is 35.5. The van der Waals surface area contributed by atoms with Crippen LogP contribution in [0.4, 0.5) is 26.3 Å². The highest BCUT2D eigenvalue weighted by Crippen LogP contribution is 2.39. The third-order valence-corrected chi connectivity index (χ3v) is 24.5. The molecule has 0 bridgehead atoms. The van der Waals surface area contributed by atoms with Gasteiger partial charge >= 0.3 is 18.3 Å². The summed E-state index contributed by atoms with van der Waals surface area (Å²) in [6.07, 6.45) is -5.87. The molecular formula is C44H50Cl4F6N6O9S2Si2. The summed E-state index contributed by atoms with van der Waals surface area (Å²) in [4.78, 5) is 30.3. The van der Waals surface area contributed by atoms with E-state index in [1.165, 1.54) is 24.3 Å². The smallest absolute Gasteiger partial charge is 0.417 e. The Bertz CT molecular complexity index is 3290. The molecule has 0 saturated carbocycles. The molecule has 0 spiro atoms. The number of primary sulfonamides is 1. The number of carboxylic acids is 1. The minimum absolute atomic E-state index is 0.0305. The lowest BCUT2D eigenvalue weighted by Crippen LogP contribution is -2.40. The van der Waals surface area contributed by atoms with Gasteiger partial charge in [-0.05, 0) is 83.8 Å². The van der Waals surface area contributed by atoms with E-state index in [9.17, 15) is 52.8 Å². The number of carboxylic acid groups (broad SMARTS) is 1. The Kier molecular flexibility index (Phi) is 18.6. The molecule has 1 amide bonds. The molecule has 4 N–H and O–H groups in total. The van der Waals surface area contributed by atoms with Gasteiger partial charge in [0.1, 0.15) is 15.5 Å². The number of amides is 1. The fourth-order valence-electron chi connectivity index (χ4n) is 5.53. The van der Waals surface area contributed by atoms with Crippen LogP contribution in [0, 0.1) is 0 Å². The third kappa shape index (κ3) is 15.6. The Morgan fingerprint density at radius 2 is 1.00 bits per heavy atom. The number of hydrogen-bond donors (Lipinski definition) is 3. The molecule has 6 rings (SSSR count). The topological polar surface area (TPSA) is 214 Å². The lowest BCUT2D eigenvalue weighted by Gasteiger charge is -2.36. The standard InChI is InChI=1S/C22H24Cl2F3N3O4SSi.C13H22ClNO3SSi.C9H4ClF3N2O2/c1-21(2,3)36(4,5)34-12-13-6-7-15(23)18(8-13)35(32,33)29-20(31)17-11-30-10-14(22(25,26)27)9-16(24)19(30)28-17;1-13(2,3)20(4,5)18-9-10-6-7-11(14)12(8-10)19(15,16)17;10-5-1-4(9(11,12)13)2-15-3-6(8(16)17)14-7(5)15/h6-11H,12H2,1-5H3,(H,29,31);6-8H,9H2,1-5H3,(H2,15,16,17);1-3H,(H,16,17). The number of imidazole rings is 2. The lowest BCUT2D eigenvalue weighted by molar-refractivity contribution is -0.138. The number of aromatic nitrogens is 4. The Morgan fingerprint density at radius 1 is 0.630 bits per heavy atom. The van der Waals surface area contributed by atoms with Crippen LogP contribution in [0.15, 0.2) is 83.1 Å². The molecule has 4 heterocycles. The summed E-state index contributed by atoms with van der Waals surface area (Å²) in [5.74, 6) is -2.50. The summed E-state index contributed by atoms with van der Waals surface area (Å²) < 4.78 is 141. The maximum atomic E-state index is 13.0. The minimum atomic E-state index is -4.68. The molecule has 15 nitrogen and oxygen atoms in total. The van der Waals surface area contributed by atoms with Gasteiger partial charge in [-0.3, -0.25) is 4.79 Å². The van der Waals surface area contributed by atoms with Gasteiger partial charge in [0, 0.05) is 24.8 Å². The maximum Gasteiger partial charge on any atom is 0.417 e. The molecule has 0 aliphatic heterocycles. The molecule has 73 heavy (non-hydrogen) atoms. The normalized spacial score (nSPS) is 13.1. The molecular weight excluding hydrogens is 1130 g/mol. The summed E-state index contributed by atoms with van der Waals surface area (Å²) >= 11 is 23.5. The first-order valence-corrected chi connectivity index (χ1v) is 31.5. The lowest BCUT2D eigenvalue weighted by atomic mass is 10.2. The van der Waals surface area contributed by atoms with Gasteiger partial charge in [0.05, 0.1) is 44.4 Å². The van der Waals surface area contributed by atoms with Crippen LogP contribution in [-0.2, 0) is 54.5 Å². The second-order valence-electron chi connectivity index (χ2n) is 19.3. The second-order valence-corrected chi connectivity index (χ2v) is 33.7. The second kappa shape index (κ2) is 22.1. The number of pyridine rings is 2. The molecule has 0 atom stereocenters. The number of rotatable bonds is 11. The number of sulfonamides is 2. The number of hydrogen-bond acceptors (Lipinski definition) is 10. The monoisotopic (exact) mass is 1180 g/mol. The van der Waals surface area contributed by atoms with Crippen molar-refractivity contribution in [3.8, 4) is 0 Å². The van der Waals surface area contributed by atoms with Crippen molar-refractivity contribution >= 4 is 106 Å². The maximum absolute atomic E-state index is 13.0. The van der Waals surface area contributed by atoms with Crippen molar-refractivity contribution in [3.63, 3.8) is 0 Å². The van der Waals surface area contributed by atoms with Crippen molar-refractivity contribution in [2.75, 3.05) is 0 Å². The summed E-state index contributed by atoms with van der Waals surface area (Å²) in [5.41, 5.74) is -1.73. The predicted molar refractivity (Wildman–Crippen MR) is 270 cm³/mol. The van der Waals surface area contributed by atoms with Gasteiger partial charge in [0.15, 0.2) is 33.6 Å². The number of halogens is 10. The fourth-order valence-corrected chi connectivity index (χ4v) is 10.6. The number of nitrogens with one attached hydrogen (secondary N) is 1. The zero-order valence-corrected chi connectivity index (χ0v) is 47.2. The summed E-state index contributed by atoms with van der Waals surface area (Å²) in [6.45, 7) is 21.6. The van der Waals surface area contributed by atoms with E-state index in [1.54, 1.807) is 12.1 Å². The average Bonchev–Trinajstić information content (AvgIpc) is 3.88. The number of carbonyl (C=O) groups is 2. The van der Waals surface area contributed by atoms with Crippen molar-refractivity contribution in [1.29, 1.82) is 0 Å². The van der Waals surface area contributed by atoms with Crippen molar-refractivity contribution in [2.45, 2.75) is 113 Å². The van der Waals surface area contributed by atoms with Crippen LogP contribution >= 0.6 is 46.4 Å². The molecule has 4 aromatic heterocycles. The fraction of sp³-hybridized carbons (Fsp3) is 0.364. The first-order chi connectivity index (χ1) is 32.9. The van der Waals surface area contributed by atoms with Crippen molar-refractivity contribution < 1.29 is 66.7 Å². The average molecular weight is 1180 g/mol. The van der Waals surface area contributed by atoms with Crippen LogP contribution < -0.4 is 9.86 Å². The molecule has 29 heteroatoms. The van der Waals surface area contributed by atoms with Gasteiger partial charge in [-0.25, -0.2) is 41.5 Å². The molecule has 0 unspecified atom stereocenters. The Hall–Kier alpha value is -4.29. The van der Waals surface area contributed by atoms with Gasteiger partial charge in [-0.15, -0.1) is 0 Å². The molecule has 6 aromatic rings. The van der Waals surface area contributed by atoms with Crippen molar-refractivity contribution in [3.05, 3.63) is 127 Å². The van der Waals surface area contributed by atoms with Gasteiger partial charge in [0.2, 0.25) is 10.0 Å². The van der Waals surface area contributed by atoms with Crippen molar-refractivity contribution in [2.24, 2.45) is 5.14 Å². The first kappa shape index (κ1) is 61.3. The van der Waals surface area contributed by atoms with Crippen LogP contribution in [-0.4, -0.2) is 69.2 Å². The third-order valence-electron chi connectivity index (χ3n) is 11.7. The Morgan fingerprint density at radius 3 is 1.37 bits per heavy atom. The number of nitrogens with zero attached hydrogens (tertiary/aromatic N) is 4. The molecule has 0 aliphatic carbocycles. The number of alkyl halides is 6. The Labute approximate surface area is 439 Å². The number of fused-ring (bicyclic) bond motifs is 2. The molecule has 0 saturated heterocycles. The zero-order valence-electron chi connectivity index (χ0n) is 40.5. The van der Waals surface area contributed by atoms with E-state index in [0.717, 1.165) is 33.0 Å². The number of benzene rings is 2. The van der Waals surface area contributed by atoms with Crippen molar-refractivity contribution in [1.82, 2.24) is 23.5 Å². The van der Waals surface area contributed by atoms with Crippen LogP contribution in [0.25, 0.3) is 11.3 Å². The van der Waals surface area contributed by atoms with E-state index in [2.05, 4.69) is 77.7 Å². The largest absolute Gasteiger partial charge is 0.476 e. The van der Waals surface area contributed by atoms with Gasteiger partial charge in [-0.1, -0.05) is 100 Å². The summed E-state index contributed by atoms with van der Waals surface area (Å²) in [7, 11) is -12.3. The van der Waals surface area contributed by atoms with Gasteiger partial charge in [-0.2, -0.15) is 26.3 Å². The van der Waals surface area contributed by atoms with Gasteiger partial charge in [0.25, 0.3) is 15.9 Å². The van der Waals surface area contributed by atoms with Crippen LogP contribution in [0.3, 0.4) is 0 Å². The SMILES string of the molecule is CC(C)(C)[Si](C)(C)OCc1ccc(Cl)c(S(=O)(=O)NC(=O)c2cn3cc(C(F)(F)F)cc(Cl)c3n2)c1.CC(C)(C)[Si](C)(C)OCc1ccc(Cl)c(S(N)(=O)=O)c1.O=C(O)c1cn2cc(C(F)(F)F)cc(Cl)c2n1. The van der Waals surface area contributed by atoms with E-state index in [0.29, 0.717) is 30.5 Å². The summed E-state index contributed by atoms with van der Waals surface area (Å²) in [5, 5.41) is 13.2. The van der Waals surface area contributed by atoms with E-state index in [-0.39, 0.29) is 63.6 Å². The highest BCUT2D eigenvalue weighted by Gasteiger charge is 2.39. The van der Waals surface area contributed by atoms with E-state index >= 15 is 0 Å². The predicted octanol–water partition coefficient (Wildman–Crippen LogP) is 12.5. The molecule has 0 fully saturated rings. The number of nitrogens with two attached hydrogens (primary N) is 1. The zero-order chi connectivity index (χ0) is 55.8. The van der Waals surface area contributed by atoms with Crippen LogP contribution in [0.1, 0.15) is 84.8 Å². The van der Waals surface area contributed by atoms with E-state index in [4.69, 9.17) is 65.5 Å². The van der Waals surface area contributed by atoms with Crippen LogP contribution in [0.2, 0.25) is 56.4 Å². The number of carbonyl (C=O) groups excluding carboxylic acids is 1. The summed E-state index contributed by atoms with van der Waals surface area (Å²) in [6, 6.07) is 10.4. The minimum Gasteiger partial charge on any atom is -0.476 e. The van der Waals surface area contributed by atoms with E-state index < -0.39 is 77.7 Å². The number of aromatic carboxylic acids is 1. The molecule has 0 radical (unpaired) electrons. The Balaban J connectivity index is 0.000000262. The molecule has 2 aromatic carbocycles. The molecule has 0 aliphatic rings. The molecule has 400 valence electrons. The quantitative estimate of drug-likeness (QED) is 0.0819. The highest BCUT2D eigenvalue weighted by molar-refractivity contribution is 7.90. The first-order valence-electron chi connectivity index (χ1n) is 21.1. The van der Waals surface area contributed by atoms with Crippen LogP contribution in [0.5, 0.6) is 0 Å². The van der Waals surface area contributed by atoms with Gasteiger partial charge < -0.3 is 22.8 Å².